The summed E-state index contributed by atoms with van der Waals surface area (Å²) >= 11 is 0. The van der Waals surface area contributed by atoms with Gasteiger partial charge in [0.15, 0.2) is 5.96 Å². The molecule has 2 aliphatic heterocycles. The second-order valence-corrected chi connectivity index (χ2v) is 7.53. The van der Waals surface area contributed by atoms with Crippen molar-refractivity contribution in [1.82, 2.24) is 25.4 Å². The molecule has 1 unspecified atom stereocenters. The smallest absolute Gasteiger partial charge is 0.227 e. The topological polar surface area (TPSA) is 87.4 Å². The second-order valence-electron chi connectivity index (χ2n) is 7.53. The molecule has 4 rings (SSSR count). The molecule has 3 heterocycles. The summed E-state index contributed by atoms with van der Waals surface area (Å²) in [4.78, 5) is 23.5. The van der Waals surface area contributed by atoms with Crippen LogP contribution in [0.2, 0.25) is 0 Å². The first-order valence-corrected chi connectivity index (χ1v) is 10.5. The predicted molar refractivity (Wildman–Crippen MR) is 128 cm³/mol. The highest BCUT2D eigenvalue weighted by Crippen LogP contribution is 2.28. The molecular weight excluding hydrogens is 493 g/mol. The largest absolute Gasteiger partial charge is 0.357 e. The molecule has 162 valence electrons. The maximum Gasteiger partial charge on any atom is 0.227 e. The zero-order chi connectivity index (χ0) is 20.1. The highest BCUT2D eigenvalue weighted by molar-refractivity contribution is 14.0. The molecule has 1 atom stereocenters. The average molecular weight is 523 g/mol. The number of fused-ring (bicyclic) bond motifs is 2. The van der Waals surface area contributed by atoms with Gasteiger partial charge in [-0.05, 0) is 37.8 Å². The Bertz CT molecular complexity index is 882. The molecule has 2 aromatic rings. The van der Waals surface area contributed by atoms with Gasteiger partial charge in [-0.2, -0.15) is 5.10 Å². The van der Waals surface area contributed by atoms with Crippen LogP contribution >= 0.6 is 24.0 Å². The highest BCUT2D eigenvalue weighted by Gasteiger charge is 2.23. The minimum Gasteiger partial charge on any atom is -0.357 e. The van der Waals surface area contributed by atoms with Gasteiger partial charge in [-0.25, -0.2) is 9.67 Å². The van der Waals surface area contributed by atoms with Gasteiger partial charge in [0.1, 0.15) is 12.2 Å². The van der Waals surface area contributed by atoms with Crippen molar-refractivity contribution in [3.8, 4) is 0 Å². The minimum atomic E-state index is 0. The van der Waals surface area contributed by atoms with E-state index in [9.17, 15) is 4.79 Å². The number of hydrogen-bond donors (Lipinski definition) is 2. The maximum atomic E-state index is 12.6. The first-order chi connectivity index (χ1) is 14.2. The van der Waals surface area contributed by atoms with E-state index in [1.165, 1.54) is 5.56 Å². The third-order valence-corrected chi connectivity index (χ3v) is 5.50. The first kappa shape index (κ1) is 22.5. The Labute approximate surface area is 194 Å². The Morgan fingerprint density at radius 3 is 3.03 bits per heavy atom. The van der Waals surface area contributed by atoms with E-state index < -0.39 is 0 Å². The number of carbonyl (C=O) groups is 1. The Morgan fingerprint density at radius 1 is 1.30 bits per heavy atom. The van der Waals surface area contributed by atoms with Crippen LogP contribution in [0.3, 0.4) is 0 Å². The lowest BCUT2D eigenvalue weighted by molar-refractivity contribution is -0.118. The van der Waals surface area contributed by atoms with Crippen LogP contribution in [0.15, 0.2) is 35.6 Å². The van der Waals surface area contributed by atoms with Gasteiger partial charge in [0.05, 0.1) is 6.54 Å². The Hall–Kier alpha value is -2.17. The number of anilines is 1. The summed E-state index contributed by atoms with van der Waals surface area (Å²) in [6.45, 7) is 5.07. The molecule has 0 saturated carbocycles. The third-order valence-electron chi connectivity index (χ3n) is 5.50. The molecular formula is C21H30IN7O. The van der Waals surface area contributed by atoms with E-state index in [-0.39, 0.29) is 35.9 Å². The number of halogens is 1. The van der Waals surface area contributed by atoms with E-state index in [1.54, 1.807) is 6.33 Å². The average Bonchev–Trinajstić information content (AvgIpc) is 3.37. The van der Waals surface area contributed by atoms with Crippen molar-refractivity contribution in [1.29, 1.82) is 0 Å². The second kappa shape index (κ2) is 10.7. The van der Waals surface area contributed by atoms with Gasteiger partial charge in [0, 0.05) is 44.2 Å². The number of amides is 1. The van der Waals surface area contributed by atoms with Crippen LogP contribution in [0.5, 0.6) is 0 Å². The molecule has 2 aliphatic rings. The summed E-state index contributed by atoms with van der Waals surface area (Å²) in [7, 11) is 0. The van der Waals surface area contributed by atoms with Crippen molar-refractivity contribution < 1.29 is 4.79 Å². The Morgan fingerprint density at radius 2 is 2.17 bits per heavy atom. The lowest BCUT2D eigenvalue weighted by Gasteiger charge is -2.25. The standard InChI is InChI=1S/C21H29N7O.HI/c1-2-22-21(26-17-9-10-19-24-15-25-28(19)14-17)23-12-5-8-20(29)27-13-11-16-6-3-4-7-18(16)27;/h3-4,6-7,15,17H,2,5,8-14H2,1H3,(H2,22,23,26);1H. The number of aromatic nitrogens is 3. The molecule has 30 heavy (non-hydrogen) atoms. The fraction of sp³-hybridized carbons (Fsp3) is 0.524. The van der Waals surface area contributed by atoms with Crippen LogP contribution in [-0.2, 0) is 24.2 Å². The van der Waals surface area contributed by atoms with E-state index in [4.69, 9.17) is 0 Å². The van der Waals surface area contributed by atoms with Crippen molar-refractivity contribution in [3.05, 3.63) is 42.0 Å². The third kappa shape index (κ3) is 5.30. The zero-order valence-corrected chi connectivity index (χ0v) is 19.7. The molecule has 0 radical (unpaired) electrons. The van der Waals surface area contributed by atoms with Gasteiger partial charge in [-0.1, -0.05) is 18.2 Å². The van der Waals surface area contributed by atoms with Crippen LogP contribution in [0.1, 0.15) is 37.6 Å². The van der Waals surface area contributed by atoms with E-state index in [1.807, 2.05) is 27.8 Å². The van der Waals surface area contributed by atoms with Gasteiger partial charge in [-0.3, -0.25) is 9.79 Å². The number of carbonyl (C=O) groups excluding carboxylic acids is 1. The lowest BCUT2D eigenvalue weighted by Crippen LogP contribution is -2.47. The van der Waals surface area contributed by atoms with Crippen LogP contribution < -0.4 is 15.5 Å². The summed E-state index contributed by atoms with van der Waals surface area (Å²) in [5.41, 5.74) is 2.33. The lowest BCUT2D eigenvalue weighted by atomic mass is 10.1. The van der Waals surface area contributed by atoms with E-state index in [0.29, 0.717) is 13.0 Å². The van der Waals surface area contributed by atoms with Gasteiger partial charge in [0.2, 0.25) is 5.91 Å². The molecule has 1 amide bonds. The summed E-state index contributed by atoms with van der Waals surface area (Å²) in [6.07, 6.45) is 5.75. The Kier molecular flexibility index (Phi) is 8.06. The van der Waals surface area contributed by atoms with Crippen LogP contribution in [-0.4, -0.2) is 52.3 Å². The molecule has 9 heteroatoms. The summed E-state index contributed by atoms with van der Waals surface area (Å²) < 4.78 is 1.96. The molecule has 1 aromatic carbocycles. The van der Waals surface area contributed by atoms with Crippen molar-refractivity contribution >= 4 is 41.5 Å². The number of aryl methyl sites for hydroxylation is 1. The van der Waals surface area contributed by atoms with Crippen molar-refractivity contribution in [2.45, 2.75) is 51.6 Å². The normalized spacial score (nSPS) is 17.7. The van der Waals surface area contributed by atoms with Gasteiger partial charge in [0.25, 0.3) is 0 Å². The van der Waals surface area contributed by atoms with Crippen molar-refractivity contribution in [3.63, 3.8) is 0 Å². The minimum absolute atomic E-state index is 0. The number of para-hydroxylation sites is 1. The van der Waals surface area contributed by atoms with Gasteiger partial charge in [-0.15, -0.1) is 24.0 Å². The molecule has 0 aliphatic carbocycles. The fourth-order valence-corrected chi connectivity index (χ4v) is 4.02. The SMILES string of the molecule is CCNC(=NCCCC(=O)N1CCc2ccccc21)NC1CCc2ncnn2C1.I. The molecule has 0 saturated heterocycles. The van der Waals surface area contributed by atoms with E-state index in [2.05, 4.69) is 38.7 Å². The van der Waals surface area contributed by atoms with E-state index in [0.717, 1.165) is 62.8 Å². The predicted octanol–water partition coefficient (Wildman–Crippen LogP) is 2.14. The molecule has 0 bridgehead atoms. The molecule has 8 nitrogen and oxygen atoms in total. The summed E-state index contributed by atoms with van der Waals surface area (Å²) in [6, 6.07) is 8.46. The fourth-order valence-electron chi connectivity index (χ4n) is 4.02. The zero-order valence-electron chi connectivity index (χ0n) is 17.4. The number of nitrogens with zero attached hydrogens (tertiary/aromatic N) is 5. The number of benzene rings is 1. The van der Waals surface area contributed by atoms with Crippen LogP contribution in [0.4, 0.5) is 5.69 Å². The molecule has 1 aromatic heterocycles. The van der Waals surface area contributed by atoms with Crippen molar-refractivity contribution in [2.24, 2.45) is 4.99 Å². The first-order valence-electron chi connectivity index (χ1n) is 10.5. The van der Waals surface area contributed by atoms with Gasteiger partial charge < -0.3 is 15.5 Å². The quantitative estimate of drug-likeness (QED) is 0.262. The number of guanidine groups is 1. The maximum absolute atomic E-state index is 12.6. The molecule has 0 fully saturated rings. The summed E-state index contributed by atoms with van der Waals surface area (Å²) in [5, 5.41) is 11.1. The number of rotatable bonds is 6. The summed E-state index contributed by atoms with van der Waals surface area (Å²) in [5.74, 6) is 2.04. The van der Waals surface area contributed by atoms with Crippen LogP contribution in [0, 0.1) is 0 Å². The van der Waals surface area contributed by atoms with Crippen LogP contribution in [0.25, 0.3) is 0 Å². The van der Waals surface area contributed by atoms with Gasteiger partial charge >= 0.3 is 0 Å². The van der Waals surface area contributed by atoms with Crippen molar-refractivity contribution in [2.75, 3.05) is 24.5 Å². The number of aliphatic imine (C=N–C) groups is 1. The number of nitrogens with one attached hydrogen (secondary N) is 2. The highest BCUT2D eigenvalue weighted by atomic mass is 127. The molecule has 2 N–H and O–H groups in total. The molecule has 0 spiro atoms. The monoisotopic (exact) mass is 523 g/mol. The van der Waals surface area contributed by atoms with E-state index >= 15 is 0 Å². The number of hydrogen-bond acceptors (Lipinski definition) is 4. The Balaban J connectivity index is 0.00000256.